The summed E-state index contributed by atoms with van der Waals surface area (Å²) in [6.45, 7) is 3.18. The van der Waals surface area contributed by atoms with Gasteiger partial charge in [-0.15, -0.1) is 0 Å². The van der Waals surface area contributed by atoms with E-state index < -0.39 is 5.97 Å². The lowest BCUT2D eigenvalue weighted by Crippen LogP contribution is -2.23. The second-order valence-electron chi connectivity index (χ2n) is 4.77. The number of carboxylic acid groups (broad SMARTS) is 1. The van der Waals surface area contributed by atoms with Crippen LogP contribution in [0.25, 0.3) is 0 Å². The van der Waals surface area contributed by atoms with Crippen molar-refractivity contribution in [2.75, 3.05) is 11.9 Å². The van der Waals surface area contributed by atoms with Crippen molar-refractivity contribution in [2.24, 2.45) is 5.92 Å². The highest BCUT2D eigenvalue weighted by Gasteiger charge is 2.18. The quantitative estimate of drug-likeness (QED) is 0.839. The van der Waals surface area contributed by atoms with E-state index in [2.05, 4.69) is 12.2 Å². The molecule has 3 heteroatoms. The number of carboxylic acids is 1. The Labute approximate surface area is 102 Å². The molecule has 17 heavy (non-hydrogen) atoms. The van der Waals surface area contributed by atoms with Gasteiger partial charge in [-0.2, -0.15) is 0 Å². The van der Waals surface area contributed by atoms with Crippen LogP contribution in [0.5, 0.6) is 0 Å². The normalized spacial score (nSPS) is 18.3. The number of fused-ring (bicyclic) bond motifs is 1. The Morgan fingerprint density at radius 3 is 3.06 bits per heavy atom. The summed E-state index contributed by atoms with van der Waals surface area (Å²) in [5.41, 5.74) is 2.61. The highest BCUT2D eigenvalue weighted by atomic mass is 16.4. The first kappa shape index (κ1) is 12.0. The Kier molecular flexibility index (Phi) is 3.67. The largest absolute Gasteiger partial charge is 0.478 e. The van der Waals surface area contributed by atoms with Crippen LogP contribution in [0.4, 0.5) is 5.69 Å². The maximum Gasteiger partial charge on any atom is 0.335 e. The lowest BCUT2D eigenvalue weighted by atomic mass is 9.89. The first-order chi connectivity index (χ1) is 8.20. The second-order valence-corrected chi connectivity index (χ2v) is 4.77. The van der Waals surface area contributed by atoms with Gasteiger partial charge >= 0.3 is 5.97 Å². The summed E-state index contributed by atoms with van der Waals surface area (Å²) >= 11 is 0. The molecule has 1 atom stereocenters. The number of hydrogen-bond donors (Lipinski definition) is 2. The number of rotatable bonds is 4. The van der Waals surface area contributed by atoms with Crippen LogP contribution in [0.15, 0.2) is 18.2 Å². The molecular weight excluding hydrogens is 214 g/mol. The van der Waals surface area contributed by atoms with E-state index in [9.17, 15) is 4.79 Å². The molecule has 92 valence electrons. The van der Waals surface area contributed by atoms with E-state index in [1.54, 1.807) is 12.1 Å². The van der Waals surface area contributed by atoms with Crippen molar-refractivity contribution in [1.29, 1.82) is 0 Å². The van der Waals surface area contributed by atoms with Crippen molar-refractivity contribution >= 4 is 11.7 Å². The molecule has 1 aliphatic rings. The molecule has 1 heterocycles. The average molecular weight is 233 g/mol. The zero-order valence-electron chi connectivity index (χ0n) is 10.2. The molecule has 0 aliphatic carbocycles. The standard InChI is InChI=1S/C14H19NO2/c1-2-3-4-10-7-11-5-6-12(14(16)17)8-13(11)15-9-10/h5-6,8,10,15H,2-4,7,9H2,1H3,(H,16,17). The lowest BCUT2D eigenvalue weighted by molar-refractivity contribution is 0.0697. The van der Waals surface area contributed by atoms with E-state index in [-0.39, 0.29) is 0 Å². The van der Waals surface area contributed by atoms with E-state index in [1.807, 2.05) is 6.07 Å². The van der Waals surface area contributed by atoms with Gasteiger partial charge in [0.05, 0.1) is 5.56 Å². The number of hydrogen-bond acceptors (Lipinski definition) is 2. The van der Waals surface area contributed by atoms with E-state index in [0.29, 0.717) is 11.5 Å². The second kappa shape index (κ2) is 5.21. The minimum Gasteiger partial charge on any atom is -0.478 e. The van der Waals surface area contributed by atoms with Crippen molar-refractivity contribution in [3.05, 3.63) is 29.3 Å². The Morgan fingerprint density at radius 1 is 1.53 bits per heavy atom. The monoisotopic (exact) mass is 233 g/mol. The van der Waals surface area contributed by atoms with Crippen LogP contribution in [-0.2, 0) is 6.42 Å². The fraction of sp³-hybridized carbons (Fsp3) is 0.500. The molecule has 2 N–H and O–H groups in total. The van der Waals surface area contributed by atoms with Gasteiger partial charge in [0.2, 0.25) is 0 Å². The zero-order valence-corrected chi connectivity index (χ0v) is 10.2. The molecular formula is C14H19NO2. The fourth-order valence-corrected chi connectivity index (χ4v) is 2.39. The van der Waals surface area contributed by atoms with Crippen LogP contribution in [0.3, 0.4) is 0 Å². The highest BCUT2D eigenvalue weighted by molar-refractivity contribution is 5.89. The topological polar surface area (TPSA) is 49.3 Å². The van der Waals surface area contributed by atoms with Gasteiger partial charge in [0, 0.05) is 12.2 Å². The number of aromatic carboxylic acids is 1. The minimum absolute atomic E-state index is 0.364. The van der Waals surface area contributed by atoms with Gasteiger partial charge in [-0.3, -0.25) is 0 Å². The van der Waals surface area contributed by atoms with Crippen molar-refractivity contribution in [3.63, 3.8) is 0 Å². The molecule has 1 aromatic rings. The molecule has 0 bridgehead atoms. The number of benzene rings is 1. The van der Waals surface area contributed by atoms with Crippen LogP contribution >= 0.6 is 0 Å². The molecule has 3 nitrogen and oxygen atoms in total. The highest BCUT2D eigenvalue weighted by Crippen LogP contribution is 2.28. The van der Waals surface area contributed by atoms with Crippen molar-refractivity contribution < 1.29 is 9.90 Å². The summed E-state index contributed by atoms with van der Waals surface area (Å²) in [4.78, 5) is 10.9. The van der Waals surface area contributed by atoms with E-state index >= 15 is 0 Å². The molecule has 0 spiro atoms. The molecule has 0 aromatic heterocycles. The Bertz CT molecular complexity index is 415. The third kappa shape index (κ3) is 2.78. The van der Waals surface area contributed by atoms with E-state index in [0.717, 1.165) is 18.7 Å². The molecule has 1 aromatic carbocycles. The van der Waals surface area contributed by atoms with Crippen molar-refractivity contribution in [2.45, 2.75) is 32.6 Å². The Balaban J connectivity index is 2.09. The predicted octanol–water partition coefficient (Wildman–Crippen LogP) is 3.16. The fourth-order valence-electron chi connectivity index (χ4n) is 2.39. The number of carbonyl (C=O) groups is 1. The minimum atomic E-state index is -0.859. The SMILES string of the molecule is CCCCC1CNc2cc(C(=O)O)ccc2C1. The molecule has 1 unspecified atom stereocenters. The summed E-state index contributed by atoms with van der Waals surface area (Å²) in [6.07, 6.45) is 4.84. The van der Waals surface area contributed by atoms with Crippen LogP contribution in [0.1, 0.15) is 42.1 Å². The van der Waals surface area contributed by atoms with Gasteiger partial charge in [0.25, 0.3) is 0 Å². The van der Waals surface area contributed by atoms with Gasteiger partial charge in [-0.25, -0.2) is 4.79 Å². The number of anilines is 1. The van der Waals surface area contributed by atoms with Crippen molar-refractivity contribution in [3.8, 4) is 0 Å². The maximum absolute atomic E-state index is 10.9. The first-order valence-corrected chi connectivity index (χ1v) is 6.30. The summed E-state index contributed by atoms with van der Waals surface area (Å²) in [5, 5.41) is 12.3. The van der Waals surface area contributed by atoms with Crippen LogP contribution in [-0.4, -0.2) is 17.6 Å². The Hall–Kier alpha value is -1.51. The Morgan fingerprint density at radius 2 is 2.35 bits per heavy atom. The van der Waals surface area contributed by atoms with Crippen molar-refractivity contribution in [1.82, 2.24) is 0 Å². The molecule has 2 rings (SSSR count). The van der Waals surface area contributed by atoms with Gasteiger partial charge in [0.15, 0.2) is 0 Å². The van der Waals surface area contributed by atoms with Gasteiger partial charge in [0.1, 0.15) is 0 Å². The number of nitrogens with one attached hydrogen (secondary N) is 1. The van der Waals surface area contributed by atoms with Gasteiger partial charge in [-0.1, -0.05) is 25.8 Å². The summed E-state index contributed by atoms with van der Waals surface area (Å²) in [6, 6.07) is 5.39. The van der Waals surface area contributed by atoms with E-state index in [4.69, 9.17) is 5.11 Å². The van der Waals surface area contributed by atoms with Crippen LogP contribution in [0, 0.1) is 5.92 Å². The molecule has 0 fully saturated rings. The molecule has 0 saturated heterocycles. The van der Waals surface area contributed by atoms with Gasteiger partial charge in [-0.05, 0) is 36.5 Å². The molecule has 0 saturated carbocycles. The maximum atomic E-state index is 10.9. The molecule has 0 radical (unpaired) electrons. The van der Waals surface area contributed by atoms with Gasteiger partial charge < -0.3 is 10.4 Å². The predicted molar refractivity (Wildman–Crippen MR) is 68.6 cm³/mol. The van der Waals surface area contributed by atoms with E-state index in [1.165, 1.54) is 24.8 Å². The third-order valence-electron chi connectivity index (χ3n) is 3.41. The lowest BCUT2D eigenvalue weighted by Gasteiger charge is -2.26. The summed E-state index contributed by atoms with van der Waals surface area (Å²) in [7, 11) is 0. The third-order valence-corrected chi connectivity index (χ3v) is 3.41. The molecule has 0 amide bonds. The van der Waals surface area contributed by atoms with Crippen LogP contribution < -0.4 is 5.32 Å². The van der Waals surface area contributed by atoms with Crippen LogP contribution in [0.2, 0.25) is 0 Å². The summed E-state index contributed by atoms with van der Waals surface area (Å²) in [5.74, 6) is -0.166. The zero-order chi connectivity index (χ0) is 12.3. The first-order valence-electron chi connectivity index (χ1n) is 6.30. The number of unbranched alkanes of at least 4 members (excludes halogenated alkanes) is 1. The average Bonchev–Trinajstić information content (AvgIpc) is 2.35. The summed E-state index contributed by atoms with van der Waals surface area (Å²) < 4.78 is 0. The smallest absolute Gasteiger partial charge is 0.335 e. The molecule has 1 aliphatic heterocycles.